The Bertz CT molecular complexity index is 366. The first-order valence-electron chi connectivity index (χ1n) is 7.67. The van der Waals surface area contributed by atoms with E-state index in [1.54, 1.807) is 11.6 Å². The standard InChI is InChI=1S/C8H17N.C4H5N3OS.C3H8.2H2/c1-3-8-5-4-6-9(2)7-8;5-3(8)7-4-6-1-2-9-4;1-3-2;;/h8H,3-7H2,1-2H3;1-2H,(H3,5,6,7,8);3H2,1-2H3;2*1H/t8-;;;;/m1..../s1. The number of nitrogens with two attached hydrogens (primary N) is 1. The number of hydrogen-bond donors (Lipinski definition) is 2. The molecule has 1 aliphatic heterocycles. The van der Waals surface area contributed by atoms with Crippen molar-refractivity contribution in [1.82, 2.24) is 9.88 Å². The summed E-state index contributed by atoms with van der Waals surface area (Å²) in [6.07, 6.45) is 7.08. The average Bonchev–Trinajstić information content (AvgIpc) is 2.92. The minimum atomic E-state index is -0.579. The van der Waals surface area contributed by atoms with Gasteiger partial charge < -0.3 is 10.6 Å². The van der Waals surface area contributed by atoms with E-state index in [4.69, 9.17) is 5.73 Å². The molecule has 1 aromatic rings. The van der Waals surface area contributed by atoms with Crippen LogP contribution in [-0.2, 0) is 0 Å². The van der Waals surface area contributed by atoms with Gasteiger partial charge in [-0.15, -0.1) is 11.3 Å². The van der Waals surface area contributed by atoms with Crippen LogP contribution in [0.15, 0.2) is 11.6 Å². The van der Waals surface area contributed by atoms with E-state index in [1.165, 1.54) is 50.1 Å². The van der Waals surface area contributed by atoms with Gasteiger partial charge in [0.05, 0.1) is 0 Å². The van der Waals surface area contributed by atoms with Crippen molar-refractivity contribution in [3.63, 3.8) is 0 Å². The van der Waals surface area contributed by atoms with Crippen molar-refractivity contribution in [1.29, 1.82) is 0 Å². The molecule has 0 bridgehead atoms. The molecule has 126 valence electrons. The third kappa shape index (κ3) is 11.2. The van der Waals surface area contributed by atoms with Crippen LogP contribution >= 0.6 is 11.3 Å². The quantitative estimate of drug-likeness (QED) is 0.855. The number of primary amides is 1. The zero-order valence-corrected chi connectivity index (χ0v) is 14.6. The van der Waals surface area contributed by atoms with E-state index < -0.39 is 6.03 Å². The van der Waals surface area contributed by atoms with Crippen LogP contribution in [0.3, 0.4) is 0 Å². The lowest BCUT2D eigenvalue weighted by Gasteiger charge is -2.28. The number of aromatic nitrogens is 1. The molecule has 0 unspecified atom stereocenters. The smallest absolute Gasteiger partial charge is 0.318 e. The molecule has 5 nitrogen and oxygen atoms in total. The summed E-state index contributed by atoms with van der Waals surface area (Å²) in [5, 5.41) is 4.62. The number of likely N-dealkylation sites (tertiary alicyclic amines) is 1. The van der Waals surface area contributed by atoms with E-state index in [-0.39, 0.29) is 2.85 Å². The highest BCUT2D eigenvalue weighted by atomic mass is 32.1. The summed E-state index contributed by atoms with van der Waals surface area (Å²) in [6, 6.07) is -0.579. The van der Waals surface area contributed by atoms with Gasteiger partial charge in [0.15, 0.2) is 5.13 Å². The van der Waals surface area contributed by atoms with Crippen LogP contribution in [0, 0.1) is 5.92 Å². The maximum absolute atomic E-state index is 10.1. The number of rotatable bonds is 2. The fourth-order valence-corrected chi connectivity index (χ4v) is 2.53. The first-order chi connectivity index (χ1) is 10.0. The summed E-state index contributed by atoms with van der Waals surface area (Å²) in [4.78, 5) is 16.3. The lowest BCUT2D eigenvalue weighted by atomic mass is 9.96. The van der Waals surface area contributed by atoms with E-state index in [1.807, 2.05) is 0 Å². The fraction of sp³-hybridized carbons (Fsp3) is 0.733. The molecule has 0 aliphatic carbocycles. The monoisotopic (exact) mass is 318 g/mol. The summed E-state index contributed by atoms with van der Waals surface area (Å²) >= 11 is 1.33. The molecule has 2 heterocycles. The largest absolute Gasteiger partial charge is 0.351 e. The van der Waals surface area contributed by atoms with Crippen molar-refractivity contribution in [3.05, 3.63) is 11.6 Å². The highest BCUT2D eigenvalue weighted by molar-refractivity contribution is 7.13. The van der Waals surface area contributed by atoms with Crippen LogP contribution in [0.4, 0.5) is 9.93 Å². The summed E-state index contributed by atoms with van der Waals surface area (Å²) < 4.78 is 0. The average molecular weight is 319 g/mol. The number of hydrogen-bond acceptors (Lipinski definition) is 4. The Morgan fingerprint density at radius 1 is 1.57 bits per heavy atom. The SMILES string of the molecule is CCC.CC[C@@H]1CCCN(C)C1.NC(=O)Nc1nccs1.[HH].[HH]. The van der Waals surface area contributed by atoms with Gasteiger partial charge in [-0.25, -0.2) is 9.78 Å². The molecule has 1 fully saturated rings. The van der Waals surface area contributed by atoms with Gasteiger partial charge in [0.25, 0.3) is 0 Å². The molecular formula is C15H34N4OS. The summed E-state index contributed by atoms with van der Waals surface area (Å²) in [5.41, 5.74) is 4.80. The predicted molar refractivity (Wildman–Crippen MR) is 96.0 cm³/mol. The fourth-order valence-electron chi connectivity index (χ4n) is 2.00. The third-order valence-electron chi connectivity index (χ3n) is 2.96. The van der Waals surface area contributed by atoms with Crippen molar-refractivity contribution in [2.24, 2.45) is 11.7 Å². The highest BCUT2D eigenvalue weighted by Gasteiger charge is 2.14. The van der Waals surface area contributed by atoms with E-state index >= 15 is 0 Å². The van der Waals surface area contributed by atoms with Crippen LogP contribution in [0.2, 0.25) is 0 Å². The number of nitrogens with one attached hydrogen (secondary N) is 1. The maximum atomic E-state index is 10.1. The first-order valence-corrected chi connectivity index (χ1v) is 8.55. The zero-order chi connectivity index (χ0) is 16.1. The molecule has 0 aromatic carbocycles. The van der Waals surface area contributed by atoms with E-state index in [9.17, 15) is 4.79 Å². The molecule has 0 saturated carbocycles. The first kappa shape index (κ1) is 19.9. The van der Waals surface area contributed by atoms with E-state index in [2.05, 4.69) is 43.0 Å². The predicted octanol–water partition coefficient (Wildman–Crippen LogP) is 4.28. The Hall–Kier alpha value is -1.14. The lowest BCUT2D eigenvalue weighted by molar-refractivity contribution is 0.206. The topological polar surface area (TPSA) is 71.2 Å². The number of carbonyl (C=O) groups is 1. The van der Waals surface area contributed by atoms with Crippen molar-refractivity contribution in [3.8, 4) is 0 Å². The molecule has 2 amide bonds. The summed E-state index contributed by atoms with van der Waals surface area (Å²) in [7, 11) is 2.22. The van der Waals surface area contributed by atoms with Crippen molar-refractivity contribution in [2.45, 2.75) is 46.5 Å². The Labute approximate surface area is 135 Å². The third-order valence-corrected chi connectivity index (χ3v) is 3.65. The van der Waals surface area contributed by atoms with Gasteiger partial charge in [-0.1, -0.05) is 33.6 Å². The molecule has 1 saturated heterocycles. The Kier molecular flexibility index (Phi) is 11.9. The van der Waals surface area contributed by atoms with Crippen molar-refractivity contribution in [2.75, 3.05) is 25.5 Å². The number of amides is 2. The normalized spacial score (nSPS) is 17.8. The van der Waals surface area contributed by atoms with Crippen LogP contribution < -0.4 is 11.1 Å². The molecule has 0 spiro atoms. The second kappa shape index (κ2) is 12.6. The number of thiazole rings is 1. The molecule has 2 rings (SSSR count). The van der Waals surface area contributed by atoms with Gasteiger partial charge in [-0.2, -0.15) is 0 Å². The summed E-state index contributed by atoms with van der Waals surface area (Å²) in [6.45, 7) is 9.19. The number of anilines is 1. The molecule has 6 heteroatoms. The Morgan fingerprint density at radius 2 is 2.24 bits per heavy atom. The van der Waals surface area contributed by atoms with Gasteiger partial charge >= 0.3 is 6.03 Å². The number of nitrogens with zero attached hydrogens (tertiary/aromatic N) is 2. The van der Waals surface area contributed by atoms with Gasteiger partial charge in [0.1, 0.15) is 0 Å². The minimum absolute atomic E-state index is 0. The molecule has 1 atom stereocenters. The molecule has 21 heavy (non-hydrogen) atoms. The molecule has 3 N–H and O–H groups in total. The van der Waals surface area contributed by atoms with Crippen LogP contribution in [-0.4, -0.2) is 36.1 Å². The number of piperidine rings is 1. The summed E-state index contributed by atoms with van der Waals surface area (Å²) in [5.74, 6) is 0.990. The Balaban J connectivity index is -0.000000277. The van der Waals surface area contributed by atoms with Gasteiger partial charge in [-0.3, -0.25) is 5.32 Å². The van der Waals surface area contributed by atoms with Crippen LogP contribution in [0.5, 0.6) is 0 Å². The van der Waals surface area contributed by atoms with Crippen molar-refractivity contribution >= 4 is 22.5 Å². The lowest BCUT2D eigenvalue weighted by Crippen LogP contribution is -2.31. The number of urea groups is 1. The van der Waals surface area contributed by atoms with Crippen LogP contribution in [0.25, 0.3) is 0 Å². The molecular weight excluding hydrogens is 284 g/mol. The van der Waals surface area contributed by atoms with Gasteiger partial charge in [0, 0.05) is 21.0 Å². The highest BCUT2D eigenvalue weighted by Crippen LogP contribution is 2.17. The minimum Gasteiger partial charge on any atom is -0.351 e. The van der Waals surface area contributed by atoms with E-state index in [0.29, 0.717) is 5.13 Å². The molecule has 0 radical (unpaired) electrons. The number of carbonyl (C=O) groups excluding carboxylic acids is 1. The van der Waals surface area contributed by atoms with Crippen LogP contribution in [0.1, 0.15) is 49.3 Å². The van der Waals surface area contributed by atoms with Gasteiger partial charge in [0.2, 0.25) is 0 Å². The molecule has 1 aliphatic rings. The van der Waals surface area contributed by atoms with E-state index in [0.717, 1.165) is 5.92 Å². The molecule has 1 aromatic heterocycles. The zero-order valence-electron chi connectivity index (χ0n) is 13.8. The Morgan fingerprint density at radius 3 is 2.62 bits per heavy atom. The second-order valence-electron chi connectivity index (χ2n) is 5.21. The second-order valence-corrected chi connectivity index (χ2v) is 6.11. The van der Waals surface area contributed by atoms with Crippen molar-refractivity contribution < 1.29 is 7.65 Å². The van der Waals surface area contributed by atoms with Gasteiger partial charge in [-0.05, 0) is 32.4 Å². The maximum Gasteiger partial charge on any atom is 0.318 e.